The summed E-state index contributed by atoms with van der Waals surface area (Å²) in [7, 11) is 0. The fourth-order valence-corrected chi connectivity index (χ4v) is 2.84. The van der Waals surface area contributed by atoms with Crippen molar-refractivity contribution in [2.45, 2.75) is 28.4 Å². The van der Waals surface area contributed by atoms with Crippen molar-refractivity contribution in [3.05, 3.63) is 0 Å². The summed E-state index contributed by atoms with van der Waals surface area (Å²) in [5.41, 5.74) is 0. The van der Waals surface area contributed by atoms with E-state index in [9.17, 15) is 4.79 Å². The molecule has 1 rings (SSSR count). The van der Waals surface area contributed by atoms with Crippen molar-refractivity contribution in [1.29, 1.82) is 0 Å². The van der Waals surface area contributed by atoms with Gasteiger partial charge in [-0.1, -0.05) is 30.0 Å². The van der Waals surface area contributed by atoms with Gasteiger partial charge < -0.3 is 4.74 Å². The van der Waals surface area contributed by atoms with Crippen molar-refractivity contribution in [3.63, 3.8) is 0 Å². The Hall–Kier alpha value is -0.270. The van der Waals surface area contributed by atoms with Crippen LogP contribution < -0.4 is 0 Å². The molecule has 15 heavy (non-hydrogen) atoms. The number of hydrogen-bond acceptors (Lipinski definition) is 7. The van der Waals surface area contributed by atoms with Gasteiger partial charge in [-0.05, 0) is 6.42 Å². The van der Waals surface area contributed by atoms with Gasteiger partial charge in [-0.2, -0.15) is 0 Å². The molecule has 0 fully saturated rings. The number of thioether (sulfide) groups is 1. The summed E-state index contributed by atoms with van der Waals surface area (Å²) in [6.45, 7) is 2.47. The minimum Gasteiger partial charge on any atom is -0.466 e. The highest BCUT2D eigenvalue weighted by atomic mass is 32.2. The highest BCUT2D eigenvalue weighted by Gasteiger charge is 2.05. The summed E-state index contributed by atoms with van der Waals surface area (Å²) in [6.07, 6.45) is 1.27. The van der Waals surface area contributed by atoms with Crippen molar-refractivity contribution in [2.75, 3.05) is 12.4 Å². The average molecular weight is 264 g/mol. The van der Waals surface area contributed by atoms with Gasteiger partial charge in [0.05, 0.1) is 13.0 Å². The maximum absolute atomic E-state index is 11.1. The van der Waals surface area contributed by atoms with Gasteiger partial charge in [-0.3, -0.25) is 4.79 Å². The lowest BCUT2D eigenvalue weighted by atomic mass is 10.5. The van der Waals surface area contributed by atoms with Crippen LogP contribution in [-0.4, -0.2) is 28.5 Å². The maximum atomic E-state index is 11.1. The SMILES string of the molecule is CCCOC(=O)CCSc1nnc(S)s1. The van der Waals surface area contributed by atoms with Crippen molar-refractivity contribution < 1.29 is 9.53 Å². The van der Waals surface area contributed by atoms with E-state index in [0.717, 1.165) is 10.8 Å². The average Bonchev–Trinajstić information content (AvgIpc) is 2.61. The number of carbonyl (C=O) groups excluding carboxylic acids is 1. The summed E-state index contributed by atoms with van der Waals surface area (Å²) < 4.78 is 6.42. The second-order valence-corrected chi connectivity index (χ2v) is 5.72. The minimum atomic E-state index is -0.153. The molecule has 0 amide bonds. The van der Waals surface area contributed by atoms with E-state index in [-0.39, 0.29) is 5.97 Å². The molecule has 1 aromatic rings. The Kier molecular flexibility index (Phi) is 6.04. The molecule has 0 aliphatic carbocycles. The monoisotopic (exact) mass is 264 g/mol. The van der Waals surface area contributed by atoms with Gasteiger partial charge in [0, 0.05) is 5.75 Å². The first-order valence-electron chi connectivity index (χ1n) is 4.53. The highest BCUT2D eigenvalue weighted by molar-refractivity contribution is 8.01. The predicted octanol–water partition coefficient (Wildman–Crippen LogP) is 2.26. The fraction of sp³-hybridized carbons (Fsp3) is 0.625. The van der Waals surface area contributed by atoms with Crippen LogP contribution >= 0.6 is 35.7 Å². The standard InChI is InChI=1S/C8H12N2O2S3/c1-2-4-12-6(11)3-5-14-8-10-9-7(13)15-8/h2-5H2,1H3,(H,9,13). The first kappa shape index (κ1) is 12.8. The summed E-state index contributed by atoms with van der Waals surface area (Å²) >= 11 is 6.96. The van der Waals surface area contributed by atoms with E-state index in [4.69, 9.17) is 4.74 Å². The van der Waals surface area contributed by atoms with Crippen LogP contribution in [0.3, 0.4) is 0 Å². The van der Waals surface area contributed by atoms with Gasteiger partial charge in [0.25, 0.3) is 0 Å². The molecule has 0 atom stereocenters. The number of carbonyl (C=O) groups is 1. The Morgan fingerprint density at radius 2 is 2.40 bits per heavy atom. The van der Waals surface area contributed by atoms with Gasteiger partial charge in [-0.15, -0.1) is 22.8 Å². The zero-order valence-corrected chi connectivity index (χ0v) is 10.8. The number of ether oxygens (including phenoxy) is 1. The van der Waals surface area contributed by atoms with Crippen molar-refractivity contribution in [1.82, 2.24) is 10.2 Å². The fourth-order valence-electron chi connectivity index (χ4n) is 0.771. The molecule has 0 aliphatic rings. The van der Waals surface area contributed by atoms with Crippen molar-refractivity contribution in [2.24, 2.45) is 0 Å². The van der Waals surface area contributed by atoms with Crippen LogP contribution in [-0.2, 0) is 9.53 Å². The Labute approximate surface area is 102 Å². The predicted molar refractivity (Wildman–Crippen MR) is 63.8 cm³/mol. The first-order chi connectivity index (χ1) is 7.22. The van der Waals surface area contributed by atoms with Gasteiger partial charge in [0.1, 0.15) is 0 Å². The van der Waals surface area contributed by atoms with E-state index in [1.807, 2.05) is 6.92 Å². The molecule has 0 saturated carbocycles. The quantitative estimate of drug-likeness (QED) is 0.485. The zero-order valence-electron chi connectivity index (χ0n) is 8.30. The maximum Gasteiger partial charge on any atom is 0.306 e. The number of esters is 1. The molecule has 0 aromatic carbocycles. The molecule has 0 bridgehead atoms. The van der Waals surface area contributed by atoms with Gasteiger partial charge in [0.2, 0.25) is 0 Å². The molecule has 0 N–H and O–H groups in total. The van der Waals surface area contributed by atoms with Gasteiger partial charge >= 0.3 is 5.97 Å². The summed E-state index contributed by atoms with van der Waals surface area (Å²) in [5, 5.41) is 7.64. The molecule has 1 aromatic heterocycles. The van der Waals surface area contributed by atoms with E-state index in [1.54, 1.807) is 0 Å². The molecule has 7 heteroatoms. The first-order valence-corrected chi connectivity index (χ1v) is 6.78. The minimum absolute atomic E-state index is 0.153. The lowest BCUT2D eigenvalue weighted by Gasteiger charge is -2.00. The highest BCUT2D eigenvalue weighted by Crippen LogP contribution is 2.24. The molecule has 0 spiro atoms. The normalized spacial score (nSPS) is 10.3. The summed E-state index contributed by atoms with van der Waals surface area (Å²) in [4.78, 5) is 11.1. The molecule has 0 aliphatic heterocycles. The van der Waals surface area contributed by atoms with E-state index < -0.39 is 0 Å². The van der Waals surface area contributed by atoms with Crippen LogP contribution in [0.25, 0.3) is 0 Å². The summed E-state index contributed by atoms with van der Waals surface area (Å²) in [6, 6.07) is 0. The van der Waals surface area contributed by atoms with E-state index in [1.165, 1.54) is 23.1 Å². The molecular weight excluding hydrogens is 252 g/mol. The number of nitrogens with zero attached hydrogens (tertiary/aromatic N) is 2. The molecule has 0 radical (unpaired) electrons. The lowest BCUT2D eigenvalue weighted by molar-refractivity contribution is -0.143. The largest absolute Gasteiger partial charge is 0.466 e. The molecular formula is C8H12N2O2S3. The molecule has 0 unspecified atom stereocenters. The van der Waals surface area contributed by atoms with Crippen LogP contribution in [0, 0.1) is 0 Å². The Bertz CT molecular complexity index is 317. The number of rotatable bonds is 6. The van der Waals surface area contributed by atoms with Crippen LogP contribution in [0.2, 0.25) is 0 Å². The van der Waals surface area contributed by atoms with Crippen LogP contribution in [0.1, 0.15) is 19.8 Å². The Morgan fingerprint density at radius 3 is 3.00 bits per heavy atom. The van der Waals surface area contributed by atoms with Gasteiger partial charge in [-0.25, -0.2) is 0 Å². The van der Waals surface area contributed by atoms with E-state index >= 15 is 0 Å². The second kappa shape index (κ2) is 7.08. The molecule has 1 heterocycles. The number of thiol groups is 1. The third kappa shape index (κ3) is 5.39. The van der Waals surface area contributed by atoms with Crippen LogP contribution in [0.5, 0.6) is 0 Å². The van der Waals surface area contributed by atoms with Crippen molar-refractivity contribution in [3.8, 4) is 0 Å². The van der Waals surface area contributed by atoms with Crippen LogP contribution in [0.4, 0.5) is 0 Å². The number of hydrogen-bond donors (Lipinski definition) is 1. The lowest BCUT2D eigenvalue weighted by Crippen LogP contribution is -2.05. The second-order valence-electron chi connectivity index (χ2n) is 2.67. The number of aromatic nitrogens is 2. The summed E-state index contributed by atoms with van der Waals surface area (Å²) in [5.74, 6) is 0.519. The zero-order chi connectivity index (χ0) is 11.1. The topological polar surface area (TPSA) is 52.1 Å². The van der Waals surface area contributed by atoms with Crippen molar-refractivity contribution >= 4 is 41.7 Å². The smallest absolute Gasteiger partial charge is 0.306 e. The Balaban J connectivity index is 2.13. The van der Waals surface area contributed by atoms with E-state index in [2.05, 4.69) is 22.8 Å². The van der Waals surface area contributed by atoms with Crippen LogP contribution in [0.15, 0.2) is 8.68 Å². The Morgan fingerprint density at radius 1 is 1.60 bits per heavy atom. The van der Waals surface area contributed by atoms with E-state index in [0.29, 0.717) is 23.1 Å². The third-order valence-electron chi connectivity index (χ3n) is 1.39. The van der Waals surface area contributed by atoms with Gasteiger partial charge in [0.15, 0.2) is 8.68 Å². The molecule has 0 saturated heterocycles. The third-order valence-corrected chi connectivity index (χ3v) is 3.62. The molecule has 4 nitrogen and oxygen atoms in total. The molecule has 84 valence electrons.